The quantitative estimate of drug-likeness (QED) is 0.612. The van der Waals surface area contributed by atoms with Crippen LogP contribution in [0.2, 0.25) is 0 Å². The smallest absolute Gasteiger partial charge is 0.312 e. The zero-order valence-electron chi connectivity index (χ0n) is 14.9. The lowest BCUT2D eigenvalue weighted by Gasteiger charge is -2.17. The normalized spacial score (nSPS) is 11.5. The Hall–Kier alpha value is -2.74. The molecule has 27 heavy (non-hydrogen) atoms. The number of carbonyl (C=O) groups is 2. The average Bonchev–Trinajstić information content (AvgIpc) is 2.64. The largest absolute Gasteiger partial charge is 0.489 e. The first-order chi connectivity index (χ1) is 13.0. The molecular formula is C19H22FN3O3S. The SMILES string of the molecule is CSCCC(NC(N)=O)C(=O)Nc1cccc(OCc2ccc(F)cc2)c1. The first kappa shape index (κ1) is 20.6. The van der Waals surface area contributed by atoms with Crippen LogP contribution in [-0.4, -0.2) is 30.0 Å². The van der Waals surface area contributed by atoms with Crippen LogP contribution >= 0.6 is 11.8 Å². The van der Waals surface area contributed by atoms with Crippen molar-refractivity contribution in [2.24, 2.45) is 5.73 Å². The molecular weight excluding hydrogens is 369 g/mol. The third-order valence-corrected chi connectivity index (χ3v) is 4.31. The first-order valence-corrected chi connectivity index (χ1v) is 9.70. The molecule has 2 aromatic carbocycles. The molecule has 0 saturated heterocycles. The van der Waals surface area contributed by atoms with Gasteiger partial charge in [0.2, 0.25) is 5.91 Å². The minimum Gasteiger partial charge on any atom is -0.489 e. The Morgan fingerprint density at radius 3 is 2.63 bits per heavy atom. The van der Waals surface area contributed by atoms with Gasteiger partial charge in [0.05, 0.1) is 0 Å². The highest BCUT2D eigenvalue weighted by Gasteiger charge is 2.19. The molecule has 0 aliphatic heterocycles. The van der Waals surface area contributed by atoms with Crippen molar-refractivity contribution in [3.8, 4) is 5.75 Å². The van der Waals surface area contributed by atoms with E-state index in [0.717, 1.165) is 5.56 Å². The summed E-state index contributed by atoms with van der Waals surface area (Å²) in [6.45, 7) is 0.275. The van der Waals surface area contributed by atoms with E-state index in [-0.39, 0.29) is 18.3 Å². The second kappa shape index (κ2) is 10.4. The van der Waals surface area contributed by atoms with Crippen LogP contribution in [0.15, 0.2) is 48.5 Å². The zero-order chi connectivity index (χ0) is 19.6. The molecule has 3 amide bonds. The lowest BCUT2D eigenvalue weighted by molar-refractivity contribution is -0.117. The molecule has 0 aliphatic carbocycles. The number of benzene rings is 2. The Morgan fingerprint density at radius 2 is 1.96 bits per heavy atom. The van der Waals surface area contributed by atoms with Crippen molar-refractivity contribution in [2.45, 2.75) is 19.1 Å². The molecule has 4 N–H and O–H groups in total. The molecule has 0 aliphatic rings. The minimum atomic E-state index is -0.743. The Labute approximate surface area is 161 Å². The third-order valence-electron chi connectivity index (χ3n) is 3.66. The molecule has 2 rings (SSSR count). The molecule has 0 bridgehead atoms. The number of primary amides is 1. The van der Waals surface area contributed by atoms with Gasteiger partial charge in [0.15, 0.2) is 0 Å². The van der Waals surface area contributed by atoms with Crippen molar-refractivity contribution in [1.29, 1.82) is 0 Å². The summed E-state index contributed by atoms with van der Waals surface area (Å²) in [4.78, 5) is 23.5. The molecule has 1 atom stereocenters. The van der Waals surface area contributed by atoms with E-state index in [1.165, 1.54) is 12.1 Å². The van der Waals surface area contributed by atoms with Crippen molar-refractivity contribution in [2.75, 3.05) is 17.3 Å². The van der Waals surface area contributed by atoms with Gasteiger partial charge in [0.1, 0.15) is 24.2 Å². The van der Waals surface area contributed by atoms with E-state index in [0.29, 0.717) is 23.6 Å². The van der Waals surface area contributed by atoms with Crippen LogP contribution in [0.1, 0.15) is 12.0 Å². The standard InChI is InChI=1S/C19H22FN3O3S/c1-27-10-9-17(23-19(21)25)18(24)22-15-3-2-4-16(11-15)26-12-13-5-7-14(20)8-6-13/h2-8,11,17H,9-10,12H2,1H3,(H,22,24)(H3,21,23,25). The lowest BCUT2D eigenvalue weighted by atomic mass is 10.2. The summed E-state index contributed by atoms with van der Waals surface area (Å²) < 4.78 is 18.6. The van der Waals surface area contributed by atoms with Gasteiger partial charge >= 0.3 is 6.03 Å². The van der Waals surface area contributed by atoms with E-state index in [1.807, 2.05) is 6.26 Å². The minimum absolute atomic E-state index is 0.275. The number of nitrogens with two attached hydrogens (primary N) is 1. The topological polar surface area (TPSA) is 93.5 Å². The molecule has 0 radical (unpaired) electrons. The van der Waals surface area contributed by atoms with Crippen molar-refractivity contribution in [3.63, 3.8) is 0 Å². The molecule has 0 heterocycles. The van der Waals surface area contributed by atoms with Gasteiger partial charge in [0, 0.05) is 11.8 Å². The van der Waals surface area contributed by atoms with Gasteiger partial charge in [-0.3, -0.25) is 4.79 Å². The third kappa shape index (κ3) is 7.18. The molecule has 0 aromatic heterocycles. The summed E-state index contributed by atoms with van der Waals surface area (Å²) in [6, 6.07) is 11.5. The van der Waals surface area contributed by atoms with Gasteiger partial charge in [0.25, 0.3) is 0 Å². The Morgan fingerprint density at radius 1 is 1.22 bits per heavy atom. The van der Waals surface area contributed by atoms with Gasteiger partial charge in [-0.15, -0.1) is 0 Å². The summed E-state index contributed by atoms with van der Waals surface area (Å²) in [5.74, 6) is 0.613. The number of halogens is 1. The maximum Gasteiger partial charge on any atom is 0.312 e. The fourth-order valence-electron chi connectivity index (χ4n) is 2.32. The summed E-state index contributed by atoms with van der Waals surface area (Å²) in [6.07, 6.45) is 2.39. The summed E-state index contributed by atoms with van der Waals surface area (Å²) in [7, 11) is 0. The van der Waals surface area contributed by atoms with Gasteiger partial charge in [-0.1, -0.05) is 18.2 Å². The molecule has 2 aromatic rings. The average molecular weight is 391 g/mol. The van der Waals surface area contributed by atoms with Crippen LogP contribution in [0.4, 0.5) is 14.9 Å². The van der Waals surface area contributed by atoms with Crippen LogP contribution in [-0.2, 0) is 11.4 Å². The highest BCUT2D eigenvalue weighted by atomic mass is 32.2. The number of urea groups is 1. The maximum absolute atomic E-state index is 12.9. The van der Waals surface area contributed by atoms with Crippen molar-refractivity contribution in [1.82, 2.24) is 5.32 Å². The Bertz CT molecular complexity index is 771. The summed E-state index contributed by atoms with van der Waals surface area (Å²) in [5.41, 5.74) is 6.51. The number of carbonyl (C=O) groups excluding carboxylic acids is 2. The van der Waals surface area contributed by atoms with E-state index >= 15 is 0 Å². The van der Waals surface area contributed by atoms with Gasteiger partial charge in [-0.2, -0.15) is 11.8 Å². The Balaban J connectivity index is 1.97. The van der Waals surface area contributed by atoms with Gasteiger partial charge in [-0.25, -0.2) is 9.18 Å². The van der Waals surface area contributed by atoms with E-state index in [4.69, 9.17) is 10.5 Å². The molecule has 0 saturated carbocycles. The summed E-state index contributed by atoms with van der Waals surface area (Å²) >= 11 is 1.57. The fraction of sp³-hybridized carbons (Fsp3) is 0.263. The van der Waals surface area contributed by atoms with Crippen molar-refractivity contribution in [3.05, 3.63) is 59.9 Å². The maximum atomic E-state index is 12.9. The number of hydrogen-bond acceptors (Lipinski definition) is 4. The Kier molecular flexibility index (Phi) is 7.94. The van der Waals surface area contributed by atoms with Crippen LogP contribution < -0.4 is 21.1 Å². The van der Waals surface area contributed by atoms with Gasteiger partial charge < -0.3 is 21.1 Å². The second-order valence-corrected chi connectivity index (χ2v) is 6.76. The van der Waals surface area contributed by atoms with E-state index in [9.17, 15) is 14.0 Å². The monoisotopic (exact) mass is 391 g/mol. The highest BCUT2D eigenvalue weighted by Crippen LogP contribution is 2.19. The van der Waals surface area contributed by atoms with Gasteiger partial charge in [-0.05, 0) is 48.3 Å². The number of ether oxygens (including phenoxy) is 1. The number of nitrogens with one attached hydrogen (secondary N) is 2. The van der Waals surface area contributed by atoms with Crippen molar-refractivity contribution >= 4 is 29.4 Å². The van der Waals surface area contributed by atoms with E-state index in [2.05, 4.69) is 10.6 Å². The molecule has 1 unspecified atom stereocenters. The molecule has 6 nitrogen and oxygen atoms in total. The summed E-state index contributed by atoms with van der Waals surface area (Å²) in [5, 5.41) is 5.21. The number of amides is 3. The molecule has 0 spiro atoms. The van der Waals surface area contributed by atoms with Crippen LogP contribution in [0.3, 0.4) is 0 Å². The number of rotatable bonds is 9. The van der Waals surface area contributed by atoms with Crippen LogP contribution in [0.25, 0.3) is 0 Å². The number of thioether (sulfide) groups is 1. The number of hydrogen-bond donors (Lipinski definition) is 3. The lowest BCUT2D eigenvalue weighted by Crippen LogP contribution is -2.46. The van der Waals surface area contributed by atoms with Crippen LogP contribution in [0, 0.1) is 5.82 Å². The van der Waals surface area contributed by atoms with Crippen LogP contribution in [0.5, 0.6) is 5.75 Å². The highest BCUT2D eigenvalue weighted by molar-refractivity contribution is 7.98. The molecule has 0 fully saturated rings. The predicted octanol–water partition coefficient (Wildman–Crippen LogP) is 3.13. The van der Waals surface area contributed by atoms with Crippen molar-refractivity contribution < 1.29 is 18.7 Å². The number of anilines is 1. The predicted molar refractivity (Wildman–Crippen MR) is 105 cm³/mol. The molecule has 144 valence electrons. The van der Waals surface area contributed by atoms with E-state index < -0.39 is 12.1 Å². The first-order valence-electron chi connectivity index (χ1n) is 8.31. The second-order valence-electron chi connectivity index (χ2n) is 5.77. The van der Waals surface area contributed by atoms with E-state index in [1.54, 1.807) is 48.2 Å². The zero-order valence-corrected chi connectivity index (χ0v) is 15.7. The fourth-order valence-corrected chi connectivity index (χ4v) is 2.79. The molecule has 8 heteroatoms.